The number of rotatable bonds is 3. The summed E-state index contributed by atoms with van der Waals surface area (Å²) in [5.41, 5.74) is 0. The Balaban J connectivity index is 1.53. The Bertz CT molecular complexity index is 298. The SMILES string of the molecule is CN1C2CCC1CC(C(=O)CC1CCOCC1)C2. The van der Waals surface area contributed by atoms with Crippen LogP contribution in [0.25, 0.3) is 0 Å². The van der Waals surface area contributed by atoms with Crippen molar-refractivity contribution in [2.75, 3.05) is 20.3 Å². The van der Waals surface area contributed by atoms with Gasteiger partial charge in [0.25, 0.3) is 0 Å². The first kappa shape index (κ1) is 12.6. The molecule has 102 valence electrons. The van der Waals surface area contributed by atoms with Crippen molar-refractivity contribution in [3.63, 3.8) is 0 Å². The van der Waals surface area contributed by atoms with Gasteiger partial charge < -0.3 is 9.64 Å². The molecule has 2 bridgehead atoms. The van der Waals surface area contributed by atoms with Gasteiger partial charge in [0.2, 0.25) is 0 Å². The van der Waals surface area contributed by atoms with Gasteiger partial charge >= 0.3 is 0 Å². The van der Waals surface area contributed by atoms with E-state index in [9.17, 15) is 4.79 Å². The molecule has 0 aromatic rings. The van der Waals surface area contributed by atoms with E-state index in [4.69, 9.17) is 4.74 Å². The molecule has 3 nitrogen and oxygen atoms in total. The molecular weight excluding hydrogens is 226 g/mol. The maximum atomic E-state index is 12.4. The van der Waals surface area contributed by atoms with Gasteiger partial charge in [-0.05, 0) is 51.5 Å². The van der Waals surface area contributed by atoms with Crippen LogP contribution in [0.2, 0.25) is 0 Å². The smallest absolute Gasteiger partial charge is 0.136 e. The molecule has 18 heavy (non-hydrogen) atoms. The highest BCUT2D eigenvalue weighted by atomic mass is 16.5. The van der Waals surface area contributed by atoms with Gasteiger partial charge in [-0.1, -0.05) is 0 Å². The lowest BCUT2D eigenvalue weighted by molar-refractivity contribution is -0.126. The number of piperidine rings is 1. The third kappa shape index (κ3) is 2.48. The zero-order valence-electron chi connectivity index (χ0n) is 11.4. The predicted octanol–water partition coefficient (Wildman–Crippen LogP) is 2.25. The van der Waals surface area contributed by atoms with Crippen LogP contribution < -0.4 is 0 Å². The summed E-state index contributed by atoms with van der Waals surface area (Å²) in [6, 6.07) is 1.37. The van der Waals surface area contributed by atoms with E-state index in [1.54, 1.807) is 0 Å². The van der Waals surface area contributed by atoms with Crippen LogP contribution >= 0.6 is 0 Å². The normalized spacial score (nSPS) is 37.9. The van der Waals surface area contributed by atoms with Gasteiger partial charge in [0.05, 0.1) is 0 Å². The number of hydrogen-bond donors (Lipinski definition) is 0. The highest BCUT2D eigenvalue weighted by Gasteiger charge is 2.40. The third-order valence-electron chi connectivity index (χ3n) is 5.38. The highest BCUT2D eigenvalue weighted by Crippen LogP contribution is 2.38. The Morgan fingerprint density at radius 2 is 1.72 bits per heavy atom. The fraction of sp³-hybridized carbons (Fsp3) is 0.933. The molecular formula is C15H25NO2. The lowest BCUT2D eigenvalue weighted by atomic mass is 9.82. The summed E-state index contributed by atoms with van der Waals surface area (Å²) in [5, 5.41) is 0. The average Bonchev–Trinajstić information content (AvgIpc) is 2.63. The van der Waals surface area contributed by atoms with Gasteiger partial charge in [0, 0.05) is 37.6 Å². The second-order valence-electron chi connectivity index (χ2n) is 6.44. The van der Waals surface area contributed by atoms with Gasteiger partial charge in [-0.2, -0.15) is 0 Å². The van der Waals surface area contributed by atoms with Crippen molar-refractivity contribution in [1.82, 2.24) is 4.90 Å². The molecule has 0 N–H and O–H groups in total. The Hall–Kier alpha value is -0.410. The zero-order chi connectivity index (χ0) is 12.5. The van der Waals surface area contributed by atoms with Gasteiger partial charge in [-0.3, -0.25) is 4.79 Å². The van der Waals surface area contributed by atoms with Crippen LogP contribution in [-0.4, -0.2) is 43.0 Å². The molecule has 0 aromatic heterocycles. The van der Waals surface area contributed by atoms with E-state index in [1.807, 2.05) is 0 Å². The quantitative estimate of drug-likeness (QED) is 0.770. The second-order valence-corrected chi connectivity index (χ2v) is 6.44. The van der Waals surface area contributed by atoms with E-state index in [-0.39, 0.29) is 0 Å². The summed E-state index contributed by atoms with van der Waals surface area (Å²) in [6.45, 7) is 1.72. The Morgan fingerprint density at radius 3 is 2.33 bits per heavy atom. The molecule has 0 aliphatic carbocycles. The van der Waals surface area contributed by atoms with Gasteiger partial charge in [0.15, 0.2) is 0 Å². The standard InChI is InChI=1S/C15H25NO2/c1-16-13-2-3-14(16)10-12(9-13)15(17)8-11-4-6-18-7-5-11/h11-14H,2-10H2,1H3. The molecule has 3 aliphatic rings. The van der Waals surface area contributed by atoms with E-state index >= 15 is 0 Å². The van der Waals surface area contributed by atoms with Crippen molar-refractivity contribution in [3.8, 4) is 0 Å². The maximum Gasteiger partial charge on any atom is 0.136 e. The van der Waals surface area contributed by atoms with Gasteiger partial charge in [-0.15, -0.1) is 0 Å². The fourth-order valence-corrected chi connectivity index (χ4v) is 4.08. The zero-order valence-corrected chi connectivity index (χ0v) is 11.4. The Kier molecular flexibility index (Phi) is 3.71. The Labute approximate surface area is 110 Å². The molecule has 3 rings (SSSR count). The average molecular weight is 251 g/mol. The van der Waals surface area contributed by atoms with Crippen LogP contribution in [0.5, 0.6) is 0 Å². The van der Waals surface area contributed by atoms with Gasteiger partial charge in [-0.25, -0.2) is 0 Å². The molecule has 3 saturated heterocycles. The van der Waals surface area contributed by atoms with Crippen LogP contribution in [0.15, 0.2) is 0 Å². The van der Waals surface area contributed by atoms with E-state index in [0.717, 1.165) is 45.3 Å². The summed E-state index contributed by atoms with van der Waals surface area (Å²) in [7, 11) is 2.24. The lowest BCUT2D eigenvalue weighted by Gasteiger charge is -2.36. The first-order valence-corrected chi connectivity index (χ1v) is 7.56. The number of nitrogens with zero attached hydrogens (tertiary/aromatic N) is 1. The molecule has 0 spiro atoms. The molecule has 0 saturated carbocycles. The predicted molar refractivity (Wildman–Crippen MR) is 70.5 cm³/mol. The number of carbonyl (C=O) groups is 1. The van der Waals surface area contributed by atoms with Crippen LogP contribution in [-0.2, 0) is 9.53 Å². The number of hydrogen-bond acceptors (Lipinski definition) is 3. The Morgan fingerprint density at radius 1 is 1.11 bits per heavy atom. The van der Waals surface area contributed by atoms with E-state index in [0.29, 0.717) is 29.7 Å². The largest absolute Gasteiger partial charge is 0.381 e. The second kappa shape index (κ2) is 5.30. The van der Waals surface area contributed by atoms with Gasteiger partial charge in [0.1, 0.15) is 5.78 Å². The van der Waals surface area contributed by atoms with Crippen LogP contribution in [0.4, 0.5) is 0 Å². The molecule has 0 radical (unpaired) electrons. The summed E-state index contributed by atoms with van der Waals surface area (Å²) >= 11 is 0. The van der Waals surface area contributed by atoms with Crippen molar-refractivity contribution >= 4 is 5.78 Å². The fourth-order valence-electron chi connectivity index (χ4n) is 4.08. The van der Waals surface area contributed by atoms with Crippen molar-refractivity contribution in [2.45, 2.75) is 57.0 Å². The third-order valence-corrected chi connectivity index (χ3v) is 5.38. The first-order chi connectivity index (χ1) is 8.74. The highest BCUT2D eigenvalue weighted by molar-refractivity contribution is 5.81. The molecule has 0 amide bonds. The summed E-state index contributed by atoms with van der Waals surface area (Å²) in [5.74, 6) is 1.51. The minimum absolute atomic E-state index is 0.363. The van der Waals surface area contributed by atoms with Crippen LogP contribution in [0, 0.1) is 11.8 Å². The lowest BCUT2D eigenvalue weighted by Crippen LogP contribution is -2.42. The molecule has 3 aliphatic heterocycles. The van der Waals surface area contributed by atoms with E-state index < -0.39 is 0 Å². The molecule has 2 unspecified atom stereocenters. The molecule has 3 fully saturated rings. The first-order valence-electron chi connectivity index (χ1n) is 7.56. The van der Waals surface area contributed by atoms with Crippen molar-refractivity contribution in [2.24, 2.45) is 11.8 Å². The van der Waals surface area contributed by atoms with E-state index in [2.05, 4.69) is 11.9 Å². The van der Waals surface area contributed by atoms with Crippen LogP contribution in [0.3, 0.4) is 0 Å². The number of ether oxygens (including phenoxy) is 1. The van der Waals surface area contributed by atoms with Crippen molar-refractivity contribution < 1.29 is 9.53 Å². The molecule has 3 heterocycles. The molecule has 2 atom stereocenters. The number of Topliss-reactive ketones (excluding diaryl/α,β-unsaturated/α-hetero) is 1. The summed E-state index contributed by atoms with van der Waals surface area (Å²) in [4.78, 5) is 14.9. The summed E-state index contributed by atoms with van der Waals surface area (Å²) in [6.07, 6.45) is 7.85. The number of ketones is 1. The van der Waals surface area contributed by atoms with Crippen molar-refractivity contribution in [1.29, 1.82) is 0 Å². The van der Waals surface area contributed by atoms with Crippen LogP contribution in [0.1, 0.15) is 44.9 Å². The van der Waals surface area contributed by atoms with Crippen molar-refractivity contribution in [3.05, 3.63) is 0 Å². The minimum Gasteiger partial charge on any atom is -0.381 e. The number of carbonyl (C=O) groups excluding carboxylic acids is 1. The minimum atomic E-state index is 0.363. The maximum absolute atomic E-state index is 12.4. The molecule has 0 aromatic carbocycles. The number of fused-ring (bicyclic) bond motifs is 2. The topological polar surface area (TPSA) is 29.5 Å². The summed E-state index contributed by atoms with van der Waals surface area (Å²) < 4.78 is 5.37. The monoisotopic (exact) mass is 251 g/mol. The molecule has 3 heteroatoms. The van der Waals surface area contributed by atoms with E-state index in [1.165, 1.54) is 12.8 Å².